The van der Waals surface area contributed by atoms with E-state index in [1.54, 1.807) is 0 Å². The molecule has 36 heavy (non-hydrogen) atoms. The number of pyridine rings is 1. The maximum Gasteiger partial charge on any atom is 0.130 e. The standard InChI is InChI=1S/C29H35N5O2/c1-4-26-22-35-28-10-6-24(7-11-28)20-32-16-2-14-30-18-19-31-15-3-17-33-21-25-8-12-29(13-9-25)36-23-27(5-1)34-26/h1,4-13,20-21,30-31H,2-3,14-19,22-23H2. The Bertz CT molecular complexity index is 1010. The van der Waals surface area contributed by atoms with E-state index in [2.05, 4.69) is 25.6 Å². The number of rotatable bonds is 0. The number of benzene rings is 2. The van der Waals surface area contributed by atoms with E-state index in [0.717, 1.165) is 86.1 Å². The van der Waals surface area contributed by atoms with E-state index < -0.39 is 0 Å². The Labute approximate surface area is 213 Å². The molecule has 2 aromatic carbocycles. The number of aliphatic imine (C=N–C) groups is 2. The number of ether oxygens (including phenoxy) is 2. The SMILES string of the molecule is C1=NCCCNCCNCCCN=Cc2ccc(cc2)OCc2cccc(n2)COc2ccc1cc2. The Hall–Kier alpha value is -3.55. The molecule has 188 valence electrons. The van der Waals surface area contributed by atoms with Gasteiger partial charge in [0.2, 0.25) is 0 Å². The Balaban J connectivity index is 1.36. The highest BCUT2D eigenvalue weighted by atomic mass is 16.5. The van der Waals surface area contributed by atoms with E-state index in [4.69, 9.17) is 9.47 Å². The van der Waals surface area contributed by atoms with Crippen LogP contribution >= 0.6 is 0 Å². The molecule has 0 atom stereocenters. The fourth-order valence-electron chi connectivity index (χ4n) is 3.66. The molecule has 0 amide bonds. The molecule has 2 N–H and O–H groups in total. The molecule has 3 aliphatic heterocycles. The van der Waals surface area contributed by atoms with Crippen LogP contribution in [0.4, 0.5) is 0 Å². The zero-order valence-corrected chi connectivity index (χ0v) is 20.7. The van der Waals surface area contributed by atoms with Gasteiger partial charge in [-0.15, -0.1) is 0 Å². The molecule has 1 aromatic heterocycles. The van der Waals surface area contributed by atoms with Crippen LogP contribution in [0.5, 0.6) is 11.5 Å². The van der Waals surface area contributed by atoms with Crippen LogP contribution < -0.4 is 20.1 Å². The van der Waals surface area contributed by atoms with Gasteiger partial charge < -0.3 is 20.1 Å². The fourth-order valence-corrected chi connectivity index (χ4v) is 3.66. The first-order chi connectivity index (χ1) is 17.8. The molecule has 4 heterocycles. The van der Waals surface area contributed by atoms with E-state index in [1.165, 1.54) is 0 Å². The van der Waals surface area contributed by atoms with Gasteiger partial charge in [0.25, 0.3) is 0 Å². The van der Waals surface area contributed by atoms with Crippen molar-refractivity contribution in [1.29, 1.82) is 0 Å². The quantitative estimate of drug-likeness (QED) is 0.502. The smallest absolute Gasteiger partial charge is 0.130 e. The lowest BCUT2D eigenvalue weighted by Crippen LogP contribution is -2.29. The minimum atomic E-state index is 0.401. The van der Waals surface area contributed by atoms with Crippen molar-refractivity contribution < 1.29 is 9.47 Å². The molecule has 0 fully saturated rings. The third-order valence-corrected chi connectivity index (χ3v) is 5.64. The summed E-state index contributed by atoms with van der Waals surface area (Å²) >= 11 is 0. The predicted molar refractivity (Wildman–Crippen MR) is 146 cm³/mol. The van der Waals surface area contributed by atoms with Crippen LogP contribution in [0.15, 0.2) is 76.7 Å². The lowest BCUT2D eigenvalue weighted by molar-refractivity contribution is 0.290. The molecule has 0 saturated heterocycles. The van der Waals surface area contributed by atoms with Gasteiger partial charge in [-0.3, -0.25) is 15.0 Å². The minimum Gasteiger partial charge on any atom is -0.487 e. The van der Waals surface area contributed by atoms with Gasteiger partial charge in [-0.2, -0.15) is 0 Å². The monoisotopic (exact) mass is 485 g/mol. The van der Waals surface area contributed by atoms with Crippen LogP contribution in [0.25, 0.3) is 0 Å². The van der Waals surface area contributed by atoms with Crippen molar-refractivity contribution >= 4 is 12.4 Å². The second kappa shape index (κ2) is 14.8. The maximum atomic E-state index is 5.93. The van der Waals surface area contributed by atoms with Crippen molar-refractivity contribution in [1.82, 2.24) is 15.6 Å². The van der Waals surface area contributed by atoms with Crippen molar-refractivity contribution in [3.63, 3.8) is 0 Å². The Morgan fingerprint density at radius 2 is 1.03 bits per heavy atom. The van der Waals surface area contributed by atoms with E-state index in [-0.39, 0.29) is 0 Å². The molecule has 7 heteroatoms. The van der Waals surface area contributed by atoms with Crippen LogP contribution in [-0.4, -0.2) is 56.7 Å². The Morgan fingerprint density at radius 3 is 1.50 bits per heavy atom. The maximum absolute atomic E-state index is 5.93. The summed E-state index contributed by atoms with van der Waals surface area (Å²) < 4.78 is 11.9. The summed E-state index contributed by atoms with van der Waals surface area (Å²) in [5.74, 6) is 1.61. The number of fused-ring (bicyclic) bond motifs is 2. The van der Waals surface area contributed by atoms with Gasteiger partial charge in [-0.05, 0) is 97.7 Å². The van der Waals surface area contributed by atoms with E-state index in [1.807, 2.05) is 79.2 Å². The molecule has 0 spiro atoms. The topological polar surface area (TPSA) is 80.1 Å². The van der Waals surface area contributed by atoms with Gasteiger partial charge in [-0.1, -0.05) is 6.07 Å². The normalized spacial score (nSPS) is 16.3. The van der Waals surface area contributed by atoms with Crippen molar-refractivity contribution in [3.05, 3.63) is 89.2 Å². The highest BCUT2D eigenvalue weighted by molar-refractivity contribution is 5.80. The number of nitrogens with zero attached hydrogens (tertiary/aromatic N) is 3. The molecule has 6 rings (SSSR count). The van der Waals surface area contributed by atoms with Gasteiger partial charge >= 0.3 is 0 Å². The predicted octanol–water partition coefficient (Wildman–Crippen LogP) is 4.05. The molecule has 3 aromatic rings. The van der Waals surface area contributed by atoms with Gasteiger partial charge in [0.1, 0.15) is 24.7 Å². The molecular weight excluding hydrogens is 450 g/mol. The van der Waals surface area contributed by atoms with E-state index >= 15 is 0 Å². The summed E-state index contributed by atoms with van der Waals surface area (Å²) in [6.45, 7) is 6.28. The summed E-state index contributed by atoms with van der Waals surface area (Å²) in [5.41, 5.74) is 3.86. The van der Waals surface area contributed by atoms with Crippen LogP contribution in [0.1, 0.15) is 35.4 Å². The second-order valence-electron chi connectivity index (χ2n) is 8.61. The summed E-state index contributed by atoms with van der Waals surface area (Å²) in [5, 5.41) is 6.92. The third kappa shape index (κ3) is 9.24. The molecule has 0 saturated carbocycles. The van der Waals surface area contributed by atoms with Crippen molar-refractivity contribution in [2.75, 3.05) is 39.3 Å². The Kier molecular flexibility index (Phi) is 10.5. The number of hydrogen-bond donors (Lipinski definition) is 2. The summed E-state index contributed by atoms with van der Waals surface area (Å²) in [4.78, 5) is 13.7. The van der Waals surface area contributed by atoms with Gasteiger partial charge in [-0.25, -0.2) is 0 Å². The summed E-state index contributed by atoms with van der Waals surface area (Å²) in [7, 11) is 0. The highest BCUT2D eigenvalue weighted by Crippen LogP contribution is 2.15. The molecular formula is C29H35N5O2. The average Bonchev–Trinajstić information content (AvgIpc) is 2.92. The molecule has 0 aliphatic carbocycles. The largest absolute Gasteiger partial charge is 0.487 e. The zero-order valence-electron chi connectivity index (χ0n) is 20.7. The van der Waals surface area contributed by atoms with Crippen molar-refractivity contribution in [3.8, 4) is 11.5 Å². The molecule has 6 bridgehead atoms. The Morgan fingerprint density at radius 1 is 0.556 bits per heavy atom. The first-order valence-electron chi connectivity index (χ1n) is 12.7. The first kappa shape index (κ1) is 25.5. The molecule has 0 unspecified atom stereocenters. The lowest BCUT2D eigenvalue weighted by atomic mass is 10.2. The highest BCUT2D eigenvalue weighted by Gasteiger charge is 2.02. The number of hydrogen-bond acceptors (Lipinski definition) is 7. The molecule has 0 radical (unpaired) electrons. The molecule has 3 aliphatic rings. The zero-order chi connectivity index (χ0) is 24.7. The van der Waals surface area contributed by atoms with Crippen molar-refractivity contribution in [2.24, 2.45) is 9.98 Å². The van der Waals surface area contributed by atoms with Crippen LogP contribution in [0, 0.1) is 0 Å². The number of aromatic nitrogens is 1. The van der Waals surface area contributed by atoms with E-state index in [0.29, 0.717) is 13.2 Å². The minimum absolute atomic E-state index is 0.401. The lowest BCUT2D eigenvalue weighted by Gasteiger charge is -2.09. The first-order valence-corrected chi connectivity index (χ1v) is 12.7. The van der Waals surface area contributed by atoms with Gasteiger partial charge in [0.15, 0.2) is 0 Å². The molecule has 7 nitrogen and oxygen atoms in total. The average molecular weight is 486 g/mol. The van der Waals surface area contributed by atoms with Crippen LogP contribution in [0.3, 0.4) is 0 Å². The third-order valence-electron chi connectivity index (χ3n) is 5.64. The van der Waals surface area contributed by atoms with Crippen molar-refractivity contribution in [2.45, 2.75) is 26.1 Å². The van der Waals surface area contributed by atoms with E-state index in [9.17, 15) is 0 Å². The second-order valence-corrected chi connectivity index (χ2v) is 8.61. The summed E-state index contributed by atoms with van der Waals surface area (Å²) in [6.07, 6.45) is 5.88. The van der Waals surface area contributed by atoms with Gasteiger partial charge in [0, 0.05) is 38.6 Å². The number of nitrogens with one attached hydrogen (secondary N) is 2. The van der Waals surface area contributed by atoms with Crippen LogP contribution in [-0.2, 0) is 13.2 Å². The van der Waals surface area contributed by atoms with Crippen LogP contribution in [0.2, 0.25) is 0 Å². The summed E-state index contributed by atoms with van der Waals surface area (Å²) in [6, 6.07) is 21.9. The fraction of sp³-hybridized carbons (Fsp3) is 0.345. The van der Waals surface area contributed by atoms with Gasteiger partial charge in [0.05, 0.1) is 11.4 Å².